The molecule has 1 aromatic rings. The molecule has 0 fully saturated rings. The Labute approximate surface area is 133 Å². The highest BCUT2D eigenvalue weighted by Crippen LogP contribution is 2.13. The van der Waals surface area contributed by atoms with Gasteiger partial charge in [0.15, 0.2) is 5.96 Å². The van der Waals surface area contributed by atoms with Crippen molar-refractivity contribution in [3.63, 3.8) is 0 Å². The Hall–Kier alpha value is -1.10. The first-order valence-electron chi connectivity index (χ1n) is 8.13. The molecule has 0 amide bonds. The summed E-state index contributed by atoms with van der Waals surface area (Å²) in [5.74, 6) is 1.65. The maximum Gasteiger partial charge on any atom is 0.191 e. The largest absolute Gasteiger partial charge is 0.357 e. The maximum atomic E-state index is 4.65. The molecule has 0 radical (unpaired) electrons. The van der Waals surface area contributed by atoms with Crippen LogP contribution in [0.15, 0.2) is 11.2 Å². The summed E-state index contributed by atoms with van der Waals surface area (Å²) in [6, 6.07) is 0. The average Bonchev–Trinajstić information content (AvgIpc) is 2.90. The van der Waals surface area contributed by atoms with E-state index in [4.69, 9.17) is 0 Å². The maximum absolute atomic E-state index is 4.65. The van der Waals surface area contributed by atoms with Crippen LogP contribution in [0.4, 0.5) is 0 Å². The first-order valence-corrected chi connectivity index (χ1v) is 8.94. The van der Waals surface area contributed by atoms with Crippen LogP contribution in [-0.2, 0) is 6.54 Å². The van der Waals surface area contributed by atoms with Gasteiger partial charge in [0.2, 0.25) is 0 Å². The topological polar surface area (TPSA) is 49.3 Å². The van der Waals surface area contributed by atoms with E-state index in [9.17, 15) is 0 Å². The third kappa shape index (κ3) is 7.46. The molecular weight excluding hydrogens is 280 g/mol. The van der Waals surface area contributed by atoms with E-state index in [1.54, 1.807) is 11.3 Å². The number of rotatable bonds is 9. The van der Waals surface area contributed by atoms with E-state index in [2.05, 4.69) is 41.4 Å². The van der Waals surface area contributed by atoms with Crippen molar-refractivity contribution in [1.82, 2.24) is 15.6 Å². The summed E-state index contributed by atoms with van der Waals surface area (Å²) >= 11 is 1.71. The predicted molar refractivity (Wildman–Crippen MR) is 93.0 cm³/mol. The van der Waals surface area contributed by atoms with E-state index in [0.29, 0.717) is 6.54 Å². The summed E-state index contributed by atoms with van der Waals surface area (Å²) in [4.78, 5) is 10.1. The monoisotopic (exact) mass is 310 g/mol. The van der Waals surface area contributed by atoms with Gasteiger partial charge < -0.3 is 10.6 Å². The third-order valence-corrected chi connectivity index (χ3v) is 4.41. The third-order valence-electron chi connectivity index (χ3n) is 3.51. The molecule has 1 aromatic heterocycles. The van der Waals surface area contributed by atoms with Crippen molar-refractivity contribution in [3.05, 3.63) is 16.1 Å². The number of hydrogen-bond acceptors (Lipinski definition) is 3. The number of aliphatic imine (C=N–C) groups is 1. The number of unbranched alkanes of at least 4 members (excludes halogenated alkanes) is 1. The van der Waals surface area contributed by atoms with Gasteiger partial charge in [-0.25, -0.2) is 9.98 Å². The van der Waals surface area contributed by atoms with Crippen LogP contribution in [0, 0.1) is 12.8 Å². The molecule has 1 atom stereocenters. The van der Waals surface area contributed by atoms with Crippen LogP contribution in [0.5, 0.6) is 0 Å². The zero-order valence-corrected chi connectivity index (χ0v) is 14.7. The first kappa shape index (κ1) is 18.0. The lowest BCUT2D eigenvalue weighted by Crippen LogP contribution is -2.39. The second kappa shape index (κ2) is 10.6. The van der Waals surface area contributed by atoms with Crippen molar-refractivity contribution in [2.24, 2.45) is 10.9 Å². The molecule has 0 bridgehead atoms. The van der Waals surface area contributed by atoms with Gasteiger partial charge in [0.25, 0.3) is 0 Å². The zero-order valence-electron chi connectivity index (χ0n) is 13.9. The first-order chi connectivity index (χ1) is 10.2. The Bertz CT molecular complexity index is 414. The van der Waals surface area contributed by atoms with E-state index >= 15 is 0 Å². The number of aromatic nitrogens is 1. The van der Waals surface area contributed by atoms with E-state index in [1.165, 1.54) is 30.6 Å². The van der Waals surface area contributed by atoms with Crippen molar-refractivity contribution in [2.75, 3.05) is 13.1 Å². The molecule has 0 aliphatic carbocycles. The highest BCUT2D eigenvalue weighted by molar-refractivity contribution is 7.11. The summed E-state index contributed by atoms with van der Waals surface area (Å²) in [5.41, 5.74) is 0. The average molecular weight is 311 g/mol. The normalized spacial score (nSPS) is 13.2. The van der Waals surface area contributed by atoms with Gasteiger partial charge in [-0.2, -0.15) is 0 Å². The van der Waals surface area contributed by atoms with Gasteiger partial charge in [-0.3, -0.25) is 0 Å². The number of thiazole rings is 1. The smallest absolute Gasteiger partial charge is 0.191 e. The van der Waals surface area contributed by atoms with Crippen LogP contribution in [0.2, 0.25) is 0 Å². The summed E-state index contributed by atoms with van der Waals surface area (Å²) < 4.78 is 0. The van der Waals surface area contributed by atoms with Crippen molar-refractivity contribution in [3.8, 4) is 0 Å². The van der Waals surface area contributed by atoms with Gasteiger partial charge >= 0.3 is 0 Å². The number of nitrogens with one attached hydrogen (secondary N) is 2. The second-order valence-corrected chi connectivity index (χ2v) is 6.66. The molecule has 0 aromatic carbocycles. The van der Waals surface area contributed by atoms with Gasteiger partial charge in [-0.15, -0.1) is 11.3 Å². The molecule has 1 heterocycles. The fourth-order valence-electron chi connectivity index (χ4n) is 2.16. The molecule has 0 aliphatic rings. The van der Waals surface area contributed by atoms with Crippen LogP contribution in [-0.4, -0.2) is 24.0 Å². The number of guanidine groups is 1. The molecule has 0 saturated carbocycles. The number of nitrogens with zero attached hydrogens (tertiary/aromatic N) is 2. The molecular formula is C16H30N4S. The quantitative estimate of drug-likeness (QED) is 0.540. The molecule has 21 heavy (non-hydrogen) atoms. The van der Waals surface area contributed by atoms with Gasteiger partial charge in [0.1, 0.15) is 0 Å². The highest BCUT2D eigenvalue weighted by Gasteiger charge is 2.07. The minimum absolute atomic E-state index is 0.701. The van der Waals surface area contributed by atoms with Crippen LogP contribution >= 0.6 is 11.3 Å². The van der Waals surface area contributed by atoms with Crippen molar-refractivity contribution in [1.29, 1.82) is 0 Å². The molecule has 1 unspecified atom stereocenters. The molecule has 0 aliphatic heterocycles. The van der Waals surface area contributed by atoms with E-state index in [0.717, 1.165) is 30.0 Å². The Kier molecular flexibility index (Phi) is 9.06. The minimum Gasteiger partial charge on any atom is -0.357 e. The van der Waals surface area contributed by atoms with Crippen LogP contribution in [0.3, 0.4) is 0 Å². The number of hydrogen-bond donors (Lipinski definition) is 2. The second-order valence-electron chi connectivity index (χ2n) is 5.34. The van der Waals surface area contributed by atoms with Crippen LogP contribution in [0.25, 0.3) is 0 Å². The van der Waals surface area contributed by atoms with Gasteiger partial charge in [-0.05, 0) is 26.2 Å². The van der Waals surface area contributed by atoms with Crippen LogP contribution < -0.4 is 10.6 Å². The fourth-order valence-corrected chi connectivity index (χ4v) is 2.88. The van der Waals surface area contributed by atoms with Crippen molar-refractivity contribution >= 4 is 17.3 Å². The standard InChI is InChI=1S/C16H30N4S/c1-5-8-9-14(6-2)10-19-16(17-7-3)20-12-15-11-18-13(4)21-15/h11,14H,5-10,12H2,1-4H3,(H2,17,19,20). The predicted octanol–water partition coefficient (Wildman–Crippen LogP) is 3.72. The summed E-state index contributed by atoms with van der Waals surface area (Å²) in [5, 5.41) is 7.90. The molecule has 120 valence electrons. The SMILES string of the molecule is CCCCC(CC)CNC(=NCc1cnc(C)s1)NCC. The van der Waals surface area contributed by atoms with Gasteiger partial charge in [0, 0.05) is 24.2 Å². The molecule has 0 saturated heterocycles. The van der Waals surface area contributed by atoms with E-state index < -0.39 is 0 Å². The van der Waals surface area contributed by atoms with E-state index in [-0.39, 0.29) is 0 Å². The summed E-state index contributed by atoms with van der Waals surface area (Å²) in [6.07, 6.45) is 7.03. The summed E-state index contributed by atoms with van der Waals surface area (Å²) in [6.45, 7) is 11.2. The Morgan fingerprint density at radius 1 is 1.33 bits per heavy atom. The molecule has 5 heteroatoms. The molecule has 2 N–H and O–H groups in total. The molecule has 1 rings (SSSR count). The highest BCUT2D eigenvalue weighted by atomic mass is 32.1. The summed E-state index contributed by atoms with van der Waals surface area (Å²) in [7, 11) is 0. The lowest BCUT2D eigenvalue weighted by molar-refractivity contribution is 0.443. The van der Waals surface area contributed by atoms with Crippen molar-refractivity contribution in [2.45, 2.75) is 59.9 Å². The number of aryl methyl sites for hydroxylation is 1. The van der Waals surface area contributed by atoms with Crippen molar-refractivity contribution < 1.29 is 0 Å². The zero-order chi connectivity index (χ0) is 15.5. The molecule has 4 nitrogen and oxygen atoms in total. The van der Waals surface area contributed by atoms with Crippen LogP contribution in [0.1, 0.15) is 56.3 Å². The van der Waals surface area contributed by atoms with Gasteiger partial charge in [-0.1, -0.05) is 33.1 Å². The fraction of sp³-hybridized carbons (Fsp3) is 0.750. The Morgan fingerprint density at radius 3 is 2.71 bits per heavy atom. The Morgan fingerprint density at radius 2 is 2.14 bits per heavy atom. The lowest BCUT2D eigenvalue weighted by atomic mass is 9.99. The molecule has 0 spiro atoms. The minimum atomic E-state index is 0.701. The Balaban J connectivity index is 2.47. The lowest BCUT2D eigenvalue weighted by Gasteiger charge is -2.17. The van der Waals surface area contributed by atoms with E-state index in [1.807, 2.05) is 13.1 Å². The van der Waals surface area contributed by atoms with Gasteiger partial charge in [0.05, 0.1) is 11.6 Å².